The van der Waals surface area contributed by atoms with E-state index in [1.807, 2.05) is 6.92 Å². The van der Waals surface area contributed by atoms with Crippen molar-refractivity contribution < 1.29 is 9.47 Å². The monoisotopic (exact) mass is 258 g/mol. The van der Waals surface area contributed by atoms with Gasteiger partial charge in [0.25, 0.3) is 0 Å². The molecule has 0 radical (unpaired) electrons. The van der Waals surface area contributed by atoms with Crippen LogP contribution in [0.3, 0.4) is 0 Å². The Balaban J connectivity index is 2.12. The van der Waals surface area contributed by atoms with E-state index in [0.29, 0.717) is 12.1 Å². The molecule has 1 saturated heterocycles. The predicted octanol–water partition coefficient (Wildman–Crippen LogP) is 1.50. The van der Waals surface area contributed by atoms with Crippen molar-refractivity contribution in [3.63, 3.8) is 0 Å². The van der Waals surface area contributed by atoms with Crippen molar-refractivity contribution in [2.75, 3.05) is 46.1 Å². The molecular formula is C14H30N2O2. The largest absolute Gasteiger partial charge is 0.382 e. The Labute approximate surface area is 112 Å². The van der Waals surface area contributed by atoms with Crippen LogP contribution in [0.5, 0.6) is 0 Å². The van der Waals surface area contributed by atoms with Gasteiger partial charge in [0.15, 0.2) is 0 Å². The second kappa shape index (κ2) is 9.73. The van der Waals surface area contributed by atoms with E-state index in [9.17, 15) is 0 Å². The van der Waals surface area contributed by atoms with Crippen LogP contribution in [0.25, 0.3) is 0 Å². The van der Waals surface area contributed by atoms with E-state index in [4.69, 9.17) is 9.47 Å². The van der Waals surface area contributed by atoms with Gasteiger partial charge in [0.1, 0.15) is 0 Å². The Morgan fingerprint density at radius 1 is 1.44 bits per heavy atom. The summed E-state index contributed by atoms with van der Waals surface area (Å²) in [6.45, 7) is 13.2. The third-order valence-corrected chi connectivity index (χ3v) is 3.60. The molecule has 1 N–H and O–H groups in total. The van der Waals surface area contributed by atoms with Gasteiger partial charge in [0, 0.05) is 38.4 Å². The quantitative estimate of drug-likeness (QED) is 0.636. The first-order valence-electron chi connectivity index (χ1n) is 7.41. The fraction of sp³-hybridized carbons (Fsp3) is 1.00. The van der Waals surface area contributed by atoms with Crippen molar-refractivity contribution in [3.05, 3.63) is 0 Å². The van der Waals surface area contributed by atoms with E-state index < -0.39 is 0 Å². The van der Waals surface area contributed by atoms with E-state index in [1.54, 1.807) is 0 Å². The van der Waals surface area contributed by atoms with Crippen molar-refractivity contribution in [1.82, 2.24) is 10.2 Å². The first-order chi connectivity index (χ1) is 8.79. The molecule has 1 aliphatic heterocycles. The number of rotatable bonds is 9. The topological polar surface area (TPSA) is 33.7 Å². The molecule has 1 heterocycles. The van der Waals surface area contributed by atoms with Crippen molar-refractivity contribution >= 4 is 0 Å². The van der Waals surface area contributed by atoms with Crippen LogP contribution in [0.2, 0.25) is 0 Å². The van der Waals surface area contributed by atoms with Crippen molar-refractivity contribution in [1.29, 1.82) is 0 Å². The van der Waals surface area contributed by atoms with Crippen molar-refractivity contribution in [3.8, 4) is 0 Å². The number of morpholine rings is 1. The maximum atomic E-state index is 5.54. The molecule has 2 atom stereocenters. The minimum Gasteiger partial charge on any atom is -0.382 e. The molecule has 0 amide bonds. The highest BCUT2D eigenvalue weighted by molar-refractivity contribution is 4.79. The zero-order valence-electron chi connectivity index (χ0n) is 12.3. The predicted molar refractivity (Wildman–Crippen MR) is 75.0 cm³/mol. The molecule has 1 fully saturated rings. The van der Waals surface area contributed by atoms with Crippen LogP contribution in [0.4, 0.5) is 0 Å². The first-order valence-corrected chi connectivity index (χ1v) is 7.41. The van der Waals surface area contributed by atoms with Gasteiger partial charge < -0.3 is 14.8 Å². The number of nitrogens with one attached hydrogen (secondary N) is 1. The fourth-order valence-electron chi connectivity index (χ4n) is 2.47. The molecule has 0 aromatic carbocycles. The van der Waals surface area contributed by atoms with Crippen LogP contribution in [-0.4, -0.2) is 63.0 Å². The average Bonchev–Trinajstić information content (AvgIpc) is 2.42. The zero-order chi connectivity index (χ0) is 13.2. The second-order valence-corrected chi connectivity index (χ2v) is 4.98. The maximum absolute atomic E-state index is 5.54. The number of ether oxygens (including phenoxy) is 2. The van der Waals surface area contributed by atoms with E-state index in [1.165, 1.54) is 6.42 Å². The Morgan fingerprint density at radius 2 is 2.28 bits per heavy atom. The molecule has 0 bridgehead atoms. The SMILES string of the molecule is CCOCCCNCC(C)N1CCOCC1CC. The van der Waals surface area contributed by atoms with Gasteiger partial charge >= 0.3 is 0 Å². The minimum atomic E-state index is 0.589. The lowest BCUT2D eigenvalue weighted by Crippen LogP contribution is -2.52. The highest BCUT2D eigenvalue weighted by atomic mass is 16.5. The van der Waals surface area contributed by atoms with Crippen LogP contribution in [0.1, 0.15) is 33.6 Å². The summed E-state index contributed by atoms with van der Waals surface area (Å²) >= 11 is 0. The molecule has 108 valence electrons. The van der Waals surface area contributed by atoms with Gasteiger partial charge in [-0.05, 0) is 33.2 Å². The summed E-state index contributed by atoms with van der Waals surface area (Å²) in [6.07, 6.45) is 2.27. The van der Waals surface area contributed by atoms with Gasteiger partial charge in [-0.2, -0.15) is 0 Å². The number of hydrogen-bond donors (Lipinski definition) is 1. The van der Waals surface area contributed by atoms with Crippen LogP contribution in [0.15, 0.2) is 0 Å². The summed E-state index contributed by atoms with van der Waals surface area (Å²) in [5.41, 5.74) is 0. The summed E-state index contributed by atoms with van der Waals surface area (Å²) in [5.74, 6) is 0. The Morgan fingerprint density at radius 3 is 3.00 bits per heavy atom. The number of hydrogen-bond acceptors (Lipinski definition) is 4. The summed E-state index contributed by atoms with van der Waals surface area (Å²) in [7, 11) is 0. The lowest BCUT2D eigenvalue weighted by Gasteiger charge is -2.39. The van der Waals surface area contributed by atoms with Gasteiger partial charge in [-0.1, -0.05) is 6.92 Å². The highest BCUT2D eigenvalue weighted by Crippen LogP contribution is 2.13. The van der Waals surface area contributed by atoms with Crippen molar-refractivity contribution in [2.45, 2.75) is 45.7 Å². The van der Waals surface area contributed by atoms with Gasteiger partial charge in [0.05, 0.1) is 13.2 Å². The van der Waals surface area contributed by atoms with Gasteiger partial charge in [-0.3, -0.25) is 4.90 Å². The smallest absolute Gasteiger partial charge is 0.0622 e. The molecule has 18 heavy (non-hydrogen) atoms. The lowest BCUT2D eigenvalue weighted by molar-refractivity contribution is -0.0262. The van der Waals surface area contributed by atoms with Crippen LogP contribution in [-0.2, 0) is 9.47 Å². The first kappa shape index (κ1) is 15.9. The zero-order valence-corrected chi connectivity index (χ0v) is 12.3. The second-order valence-electron chi connectivity index (χ2n) is 4.98. The van der Waals surface area contributed by atoms with E-state index in [0.717, 1.165) is 52.5 Å². The molecule has 0 aliphatic carbocycles. The Bertz CT molecular complexity index is 202. The molecule has 0 spiro atoms. The Kier molecular flexibility index (Phi) is 8.59. The van der Waals surface area contributed by atoms with E-state index in [-0.39, 0.29) is 0 Å². The standard InChI is InChI=1S/C14H30N2O2/c1-4-14-12-18-10-8-16(14)13(3)11-15-7-6-9-17-5-2/h13-15H,4-12H2,1-3H3. The van der Waals surface area contributed by atoms with Crippen LogP contribution >= 0.6 is 0 Å². The summed E-state index contributed by atoms with van der Waals surface area (Å²) < 4.78 is 10.9. The summed E-state index contributed by atoms with van der Waals surface area (Å²) in [4.78, 5) is 2.58. The third-order valence-electron chi connectivity index (χ3n) is 3.60. The molecule has 4 heteroatoms. The van der Waals surface area contributed by atoms with E-state index in [2.05, 4.69) is 24.1 Å². The van der Waals surface area contributed by atoms with Gasteiger partial charge in [-0.15, -0.1) is 0 Å². The Hall–Kier alpha value is -0.160. The molecule has 4 nitrogen and oxygen atoms in total. The summed E-state index contributed by atoms with van der Waals surface area (Å²) in [6, 6.07) is 1.19. The molecule has 1 aliphatic rings. The summed E-state index contributed by atoms with van der Waals surface area (Å²) in [5, 5.41) is 3.52. The number of nitrogens with zero attached hydrogens (tertiary/aromatic N) is 1. The fourth-order valence-corrected chi connectivity index (χ4v) is 2.47. The average molecular weight is 258 g/mol. The van der Waals surface area contributed by atoms with Crippen molar-refractivity contribution in [2.24, 2.45) is 0 Å². The molecule has 0 aromatic rings. The molecule has 0 saturated carbocycles. The van der Waals surface area contributed by atoms with Gasteiger partial charge in [-0.25, -0.2) is 0 Å². The molecule has 2 unspecified atom stereocenters. The van der Waals surface area contributed by atoms with E-state index >= 15 is 0 Å². The third kappa shape index (κ3) is 5.65. The van der Waals surface area contributed by atoms with Gasteiger partial charge in [0.2, 0.25) is 0 Å². The minimum absolute atomic E-state index is 0.589. The molecular weight excluding hydrogens is 228 g/mol. The molecule has 0 aromatic heterocycles. The normalized spacial score (nSPS) is 23.2. The van der Waals surface area contributed by atoms with Crippen LogP contribution < -0.4 is 5.32 Å². The molecule has 1 rings (SSSR count). The maximum Gasteiger partial charge on any atom is 0.0622 e. The highest BCUT2D eigenvalue weighted by Gasteiger charge is 2.25. The van der Waals surface area contributed by atoms with Crippen LogP contribution in [0, 0.1) is 0 Å². The lowest BCUT2D eigenvalue weighted by atomic mass is 10.1.